The topological polar surface area (TPSA) is 29.5 Å². The highest BCUT2D eigenvalue weighted by atomic mass is 19.1. The summed E-state index contributed by atoms with van der Waals surface area (Å²) in [6.07, 6.45) is 0. The van der Waals surface area contributed by atoms with Crippen LogP contribution in [0.25, 0.3) is 0 Å². The lowest BCUT2D eigenvalue weighted by Crippen LogP contribution is -2.25. The molecule has 1 N–H and O–H groups in total. The smallest absolute Gasteiger partial charge is 0.133 e. The number of methoxy groups -OCH3 is 1. The van der Waals surface area contributed by atoms with Gasteiger partial charge in [0.15, 0.2) is 0 Å². The van der Waals surface area contributed by atoms with Gasteiger partial charge in [-0.1, -0.05) is 6.07 Å². The van der Waals surface area contributed by atoms with Crippen molar-refractivity contribution in [2.75, 3.05) is 7.11 Å². The average Bonchev–Trinajstić information content (AvgIpc) is 2.36. The summed E-state index contributed by atoms with van der Waals surface area (Å²) >= 11 is 0. The maximum absolute atomic E-state index is 14.0. The number of rotatable bonds is 3. The molecule has 0 aliphatic heterocycles. The summed E-state index contributed by atoms with van der Waals surface area (Å²) in [5.41, 5.74) is -2.20. The van der Waals surface area contributed by atoms with Gasteiger partial charge in [-0.25, -0.2) is 13.2 Å². The molecule has 0 heterocycles. The Morgan fingerprint density at radius 2 is 1.65 bits per heavy atom. The Labute approximate surface area is 114 Å². The zero-order chi connectivity index (χ0) is 14.9. The van der Waals surface area contributed by atoms with Crippen molar-refractivity contribution in [2.45, 2.75) is 12.5 Å². The molecule has 1 unspecified atom stereocenters. The van der Waals surface area contributed by atoms with Gasteiger partial charge in [0, 0.05) is 6.07 Å². The summed E-state index contributed by atoms with van der Waals surface area (Å²) in [4.78, 5) is 0. The lowest BCUT2D eigenvalue weighted by Gasteiger charge is -2.26. The standard InChI is InChI=1S/C15H13F3O2/c1-15(19,9-6-10(16)8-11(17)7-9)14-12(18)4-3-5-13(14)20-2/h3-8,19H,1-2H3. The summed E-state index contributed by atoms with van der Waals surface area (Å²) in [7, 11) is 1.32. The number of benzene rings is 2. The molecule has 2 aromatic rings. The predicted octanol–water partition coefficient (Wildman–Crippen LogP) is 3.37. The Morgan fingerprint density at radius 3 is 2.20 bits per heavy atom. The van der Waals surface area contributed by atoms with Crippen LogP contribution in [-0.4, -0.2) is 12.2 Å². The Balaban J connectivity index is 2.66. The third-order valence-corrected chi connectivity index (χ3v) is 3.11. The van der Waals surface area contributed by atoms with Crippen molar-refractivity contribution in [3.63, 3.8) is 0 Å². The summed E-state index contributed by atoms with van der Waals surface area (Å²) in [5.74, 6) is -2.33. The molecule has 2 nitrogen and oxygen atoms in total. The fourth-order valence-electron chi connectivity index (χ4n) is 2.13. The monoisotopic (exact) mass is 282 g/mol. The van der Waals surface area contributed by atoms with Crippen LogP contribution in [-0.2, 0) is 5.60 Å². The molecular formula is C15H13F3O2. The van der Waals surface area contributed by atoms with Gasteiger partial charge in [0.2, 0.25) is 0 Å². The van der Waals surface area contributed by atoms with Gasteiger partial charge in [0.05, 0.1) is 12.7 Å². The van der Waals surface area contributed by atoms with Crippen molar-refractivity contribution in [3.05, 3.63) is 65.0 Å². The lowest BCUT2D eigenvalue weighted by atomic mass is 9.87. The molecule has 0 spiro atoms. The van der Waals surface area contributed by atoms with E-state index in [0.717, 1.165) is 18.2 Å². The Kier molecular flexibility index (Phi) is 3.72. The van der Waals surface area contributed by atoms with Crippen LogP contribution in [0.2, 0.25) is 0 Å². The minimum absolute atomic E-state index is 0.0969. The third kappa shape index (κ3) is 2.49. The number of ether oxygens (including phenoxy) is 1. The largest absolute Gasteiger partial charge is 0.496 e. The SMILES string of the molecule is COc1cccc(F)c1C(C)(O)c1cc(F)cc(F)c1. The second-order valence-electron chi connectivity index (χ2n) is 4.55. The van der Waals surface area contributed by atoms with E-state index in [-0.39, 0.29) is 16.9 Å². The number of halogens is 3. The molecule has 0 aromatic heterocycles. The van der Waals surface area contributed by atoms with E-state index in [0.29, 0.717) is 6.07 Å². The minimum atomic E-state index is -1.93. The maximum Gasteiger partial charge on any atom is 0.133 e. The number of aliphatic hydroxyl groups is 1. The van der Waals surface area contributed by atoms with Gasteiger partial charge in [0.1, 0.15) is 28.8 Å². The molecule has 20 heavy (non-hydrogen) atoms. The van der Waals surface area contributed by atoms with Crippen LogP contribution in [0.15, 0.2) is 36.4 Å². The Morgan fingerprint density at radius 1 is 1.05 bits per heavy atom. The van der Waals surface area contributed by atoms with E-state index >= 15 is 0 Å². The van der Waals surface area contributed by atoms with Crippen molar-refractivity contribution in [1.82, 2.24) is 0 Å². The molecule has 2 aromatic carbocycles. The lowest BCUT2D eigenvalue weighted by molar-refractivity contribution is 0.0937. The molecule has 106 valence electrons. The first kappa shape index (κ1) is 14.4. The Hall–Kier alpha value is -2.01. The summed E-state index contributed by atoms with van der Waals surface area (Å²) in [5, 5.41) is 10.5. The molecule has 0 aliphatic rings. The van der Waals surface area contributed by atoms with E-state index in [1.54, 1.807) is 0 Å². The second kappa shape index (κ2) is 5.17. The first-order valence-electron chi connectivity index (χ1n) is 5.88. The van der Waals surface area contributed by atoms with E-state index in [1.807, 2.05) is 0 Å². The summed E-state index contributed by atoms with van der Waals surface area (Å²) < 4.78 is 45.6. The van der Waals surface area contributed by atoms with Crippen molar-refractivity contribution >= 4 is 0 Å². The maximum atomic E-state index is 14.0. The van der Waals surface area contributed by atoms with Crippen LogP contribution < -0.4 is 4.74 Å². The fourth-order valence-corrected chi connectivity index (χ4v) is 2.13. The van der Waals surface area contributed by atoms with Gasteiger partial charge in [-0.3, -0.25) is 0 Å². The van der Waals surface area contributed by atoms with Gasteiger partial charge in [-0.05, 0) is 36.8 Å². The van der Waals surface area contributed by atoms with Gasteiger partial charge < -0.3 is 9.84 Å². The first-order chi connectivity index (χ1) is 9.36. The van der Waals surface area contributed by atoms with Gasteiger partial charge in [0.25, 0.3) is 0 Å². The highest BCUT2D eigenvalue weighted by Gasteiger charge is 2.33. The molecule has 0 amide bonds. The van der Waals surface area contributed by atoms with E-state index < -0.39 is 23.1 Å². The third-order valence-electron chi connectivity index (χ3n) is 3.11. The fraction of sp³-hybridized carbons (Fsp3) is 0.200. The number of hydrogen-bond donors (Lipinski definition) is 1. The number of hydrogen-bond acceptors (Lipinski definition) is 2. The van der Waals surface area contributed by atoms with E-state index in [2.05, 4.69) is 0 Å². The molecule has 0 aliphatic carbocycles. The quantitative estimate of drug-likeness (QED) is 0.935. The van der Waals surface area contributed by atoms with Gasteiger partial charge >= 0.3 is 0 Å². The van der Waals surface area contributed by atoms with Crippen LogP contribution in [0.3, 0.4) is 0 Å². The molecule has 0 fully saturated rings. The van der Waals surface area contributed by atoms with Crippen molar-refractivity contribution in [3.8, 4) is 5.75 Å². The molecule has 1 atom stereocenters. The zero-order valence-corrected chi connectivity index (χ0v) is 11.0. The normalized spacial score (nSPS) is 13.9. The van der Waals surface area contributed by atoms with Crippen LogP contribution in [0, 0.1) is 17.5 Å². The van der Waals surface area contributed by atoms with E-state index in [9.17, 15) is 18.3 Å². The highest BCUT2D eigenvalue weighted by Crippen LogP contribution is 2.37. The second-order valence-corrected chi connectivity index (χ2v) is 4.55. The minimum Gasteiger partial charge on any atom is -0.496 e. The van der Waals surface area contributed by atoms with Crippen LogP contribution in [0.1, 0.15) is 18.1 Å². The van der Waals surface area contributed by atoms with Crippen LogP contribution in [0.5, 0.6) is 5.75 Å². The molecule has 0 radical (unpaired) electrons. The van der Waals surface area contributed by atoms with Crippen LogP contribution in [0.4, 0.5) is 13.2 Å². The molecule has 0 saturated heterocycles. The van der Waals surface area contributed by atoms with Gasteiger partial charge in [-0.2, -0.15) is 0 Å². The summed E-state index contributed by atoms with van der Waals surface area (Å²) in [6, 6.07) is 6.60. The molecule has 0 saturated carbocycles. The first-order valence-corrected chi connectivity index (χ1v) is 5.88. The zero-order valence-electron chi connectivity index (χ0n) is 11.0. The van der Waals surface area contributed by atoms with Crippen LogP contribution >= 0.6 is 0 Å². The van der Waals surface area contributed by atoms with E-state index in [4.69, 9.17) is 4.74 Å². The van der Waals surface area contributed by atoms with E-state index in [1.165, 1.54) is 26.2 Å². The summed E-state index contributed by atoms with van der Waals surface area (Å²) in [6.45, 7) is 1.25. The molecule has 0 bridgehead atoms. The predicted molar refractivity (Wildman–Crippen MR) is 68.0 cm³/mol. The highest BCUT2D eigenvalue weighted by molar-refractivity contribution is 5.45. The van der Waals surface area contributed by atoms with Crippen molar-refractivity contribution < 1.29 is 23.0 Å². The van der Waals surface area contributed by atoms with Crippen molar-refractivity contribution in [1.29, 1.82) is 0 Å². The van der Waals surface area contributed by atoms with Gasteiger partial charge in [-0.15, -0.1) is 0 Å². The average molecular weight is 282 g/mol. The van der Waals surface area contributed by atoms with Crippen molar-refractivity contribution in [2.24, 2.45) is 0 Å². The Bertz CT molecular complexity index is 619. The molecule has 2 rings (SSSR count). The molecule has 5 heteroatoms. The molecular weight excluding hydrogens is 269 g/mol.